The highest BCUT2D eigenvalue weighted by atomic mass is 32.2. The largest absolute Gasteiger partial charge is 0.437 e. The number of hydrogen-bond donors (Lipinski definition) is 1. The molecule has 10 heteroatoms. The van der Waals surface area contributed by atoms with Crippen molar-refractivity contribution in [3.05, 3.63) is 82.7 Å². The first-order chi connectivity index (χ1) is 16.2. The molecule has 0 radical (unpaired) electrons. The molecule has 6 nitrogen and oxygen atoms in total. The summed E-state index contributed by atoms with van der Waals surface area (Å²) < 4.78 is 42.7. The number of nitriles is 1. The molecular weight excluding hydrogens is 463 g/mol. The van der Waals surface area contributed by atoms with Crippen LogP contribution in [0.5, 0.6) is 0 Å². The molecule has 0 aliphatic rings. The van der Waals surface area contributed by atoms with Crippen LogP contribution in [0.15, 0.2) is 59.6 Å². The summed E-state index contributed by atoms with van der Waals surface area (Å²) in [5, 5.41) is 16.2. The van der Waals surface area contributed by atoms with Crippen molar-refractivity contribution >= 4 is 34.3 Å². The number of carbonyl (C=O) groups is 1. The van der Waals surface area contributed by atoms with Gasteiger partial charge in [-0.3, -0.25) is 9.48 Å². The lowest BCUT2D eigenvalue weighted by atomic mass is 10.1. The Morgan fingerprint density at radius 2 is 1.88 bits per heavy atom. The molecule has 2 aromatic heterocycles. The standard InChI is InChI=1S/C24H18F3N5OS/c1-14-21(30-23(33)18-11-20(34-2)29-19-6-4-3-5-17(18)19)22(24(25,26)27)31-32(14)13-16-9-7-15(12-28)8-10-16/h3-11H,13H2,1-2H3,(H,30,33). The molecule has 2 aromatic carbocycles. The zero-order valence-corrected chi connectivity index (χ0v) is 19.0. The normalized spacial score (nSPS) is 11.4. The first kappa shape index (κ1) is 23.3. The maximum atomic E-state index is 13.8. The third-order valence-corrected chi connectivity index (χ3v) is 5.90. The number of aromatic nitrogens is 3. The summed E-state index contributed by atoms with van der Waals surface area (Å²) in [6.45, 7) is 1.52. The van der Waals surface area contributed by atoms with Crippen LogP contribution in [0, 0.1) is 18.3 Å². The summed E-state index contributed by atoms with van der Waals surface area (Å²) >= 11 is 1.33. The van der Waals surface area contributed by atoms with Gasteiger partial charge >= 0.3 is 6.18 Å². The van der Waals surface area contributed by atoms with E-state index in [0.29, 0.717) is 27.1 Å². The maximum absolute atomic E-state index is 13.8. The predicted octanol–water partition coefficient (Wildman–Crippen LogP) is 5.65. The van der Waals surface area contributed by atoms with Gasteiger partial charge in [0, 0.05) is 5.39 Å². The van der Waals surface area contributed by atoms with Crippen LogP contribution in [0.1, 0.15) is 32.9 Å². The van der Waals surface area contributed by atoms with E-state index in [2.05, 4.69) is 15.4 Å². The molecule has 0 aliphatic heterocycles. The fraction of sp³-hybridized carbons (Fsp3) is 0.167. The Labute approximate surface area is 197 Å². The second kappa shape index (κ2) is 9.19. The van der Waals surface area contributed by atoms with Gasteiger partial charge in [-0.1, -0.05) is 30.3 Å². The van der Waals surface area contributed by atoms with Crippen LogP contribution in [0.25, 0.3) is 10.9 Å². The average molecular weight is 482 g/mol. The number of para-hydroxylation sites is 1. The number of nitrogens with zero attached hydrogens (tertiary/aromatic N) is 4. The molecule has 4 aromatic rings. The number of amides is 1. The van der Waals surface area contributed by atoms with Gasteiger partial charge in [-0.15, -0.1) is 11.8 Å². The van der Waals surface area contributed by atoms with Crippen molar-refractivity contribution in [2.45, 2.75) is 24.7 Å². The minimum absolute atomic E-state index is 0.0469. The van der Waals surface area contributed by atoms with Crippen LogP contribution in [0.3, 0.4) is 0 Å². The number of hydrogen-bond acceptors (Lipinski definition) is 5. The van der Waals surface area contributed by atoms with Gasteiger partial charge in [0.15, 0.2) is 5.69 Å². The number of fused-ring (bicyclic) bond motifs is 1. The Hall–Kier alpha value is -3.84. The van der Waals surface area contributed by atoms with Crippen LogP contribution in [0.4, 0.5) is 18.9 Å². The summed E-state index contributed by atoms with van der Waals surface area (Å²) in [6.07, 6.45) is -2.97. The third-order valence-electron chi connectivity index (χ3n) is 5.28. The van der Waals surface area contributed by atoms with Crippen molar-refractivity contribution in [1.29, 1.82) is 5.26 Å². The zero-order valence-electron chi connectivity index (χ0n) is 18.1. The van der Waals surface area contributed by atoms with Crippen LogP contribution in [0.2, 0.25) is 0 Å². The number of rotatable bonds is 5. The number of anilines is 1. The predicted molar refractivity (Wildman–Crippen MR) is 124 cm³/mol. The van der Waals surface area contributed by atoms with Crippen molar-refractivity contribution < 1.29 is 18.0 Å². The van der Waals surface area contributed by atoms with Crippen LogP contribution < -0.4 is 5.32 Å². The lowest BCUT2D eigenvalue weighted by Crippen LogP contribution is -2.17. The number of pyridine rings is 1. The average Bonchev–Trinajstić information content (AvgIpc) is 3.14. The van der Waals surface area contributed by atoms with Gasteiger partial charge in [0.2, 0.25) is 0 Å². The fourth-order valence-corrected chi connectivity index (χ4v) is 3.96. The topological polar surface area (TPSA) is 83.6 Å². The molecule has 0 aliphatic carbocycles. The van der Waals surface area contributed by atoms with Gasteiger partial charge < -0.3 is 5.32 Å². The second-order valence-corrected chi connectivity index (χ2v) is 8.28. The molecule has 0 bridgehead atoms. The molecule has 4 rings (SSSR count). The number of nitrogens with one attached hydrogen (secondary N) is 1. The Balaban J connectivity index is 1.73. The van der Waals surface area contributed by atoms with Crippen LogP contribution in [-0.4, -0.2) is 26.9 Å². The monoisotopic (exact) mass is 481 g/mol. The summed E-state index contributed by atoms with van der Waals surface area (Å²) in [7, 11) is 0. The van der Waals surface area contributed by atoms with E-state index >= 15 is 0 Å². The number of benzene rings is 2. The van der Waals surface area contributed by atoms with E-state index in [9.17, 15) is 18.0 Å². The Kier molecular flexibility index (Phi) is 6.30. The van der Waals surface area contributed by atoms with E-state index in [1.807, 2.05) is 6.07 Å². The molecule has 2 heterocycles. The number of alkyl halides is 3. The molecule has 0 saturated heterocycles. The smallest absolute Gasteiger partial charge is 0.319 e. The van der Waals surface area contributed by atoms with Crippen LogP contribution in [-0.2, 0) is 12.7 Å². The minimum atomic E-state index is -4.77. The van der Waals surface area contributed by atoms with E-state index in [-0.39, 0.29) is 17.8 Å². The maximum Gasteiger partial charge on any atom is 0.437 e. The van der Waals surface area contributed by atoms with Crippen molar-refractivity contribution in [3.8, 4) is 6.07 Å². The quantitative estimate of drug-likeness (QED) is 0.372. The summed E-state index contributed by atoms with van der Waals surface area (Å²) in [5.74, 6) is -0.680. The number of halogens is 3. The van der Waals surface area contributed by atoms with Crippen LogP contribution >= 0.6 is 11.8 Å². The molecule has 172 valence electrons. The minimum Gasteiger partial charge on any atom is -0.319 e. The number of carbonyl (C=O) groups excluding carboxylic acids is 1. The third kappa shape index (κ3) is 4.61. The molecule has 0 atom stereocenters. The molecule has 0 fully saturated rings. The van der Waals surface area contributed by atoms with E-state index < -0.39 is 23.5 Å². The fourth-order valence-electron chi connectivity index (χ4n) is 3.53. The van der Waals surface area contributed by atoms with Crippen molar-refractivity contribution in [1.82, 2.24) is 14.8 Å². The Morgan fingerprint density at radius 3 is 2.53 bits per heavy atom. The van der Waals surface area contributed by atoms with Gasteiger partial charge in [0.25, 0.3) is 5.91 Å². The molecule has 0 unspecified atom stereocenters. The SMILES string of the molecule is CSc1cc(C(=O)Nc2c(C(F)(F)F)nn(Cc3ccc(C#N)cc3)c2C)c2ccccc2n1. The van der Waals surface area contributed by atoms with Gasteiger partial charge in [-0.25, -0.2) is 4.98 Å². The van der Waals surface area contributed by atoms with Gasteiger partial charge in [-0.2, -0.15) is 23.5 Å². The van der Waals surface area contributed by atoms with Gasteiger partial charge in [0.1, 0.15) is 0 Å². The Morgan fingerprint density at radius 1 is 1.18 bits per heavy atom. The molecule has 34 heavy (non-hydrogen) atoms. The number of thioether (sulfide) groups is 1. The highest BCUT2D eigenvalue weighted by Gasteiger charge is 2.39. The van der Waals surface area contributed by atoms with Gasteiger partial charge in [-0.05, 0) is 43.0 Å². The zero-order chi connectivity index (χ0) is 24.5. The van der Waals surface area contributed by atoms with E-state index in [1.165, 1.54) is 23.4 Å². The van der Waals surface area contributed by atoms with Crippen molar-refractivity contribution in [2.75, 3.05) is 11.6 Å². The summed E-state index contributed by atoms with van der Waals surface area (Å²) in [6, 6.07) is 17.0. The lowest BCUT2D eigenvalue weighted by Gasteiger charge is -2.11. The first-order valence-corrected chi connectivity index (χ1v) is 11.3. The summed E-state index contributed by atoms with van der Waals surface area (Å²) in [4.78, 5) is 17.6. The molecule has 1 amide bonds. The van der Waals surface area contributed by atoms with Crippen molar-refractivity contribution in [3.63, 3.8) is 0 Å². The van der Waals surface area contributed by atoms with Crippen molar-refractivity contribution in [2.24, 2.45) is 0 Å². The highest BCUT2D eigenvalue weighted by molar-refractivity contribution is 7.98. The van der Waals surface area contributed by atoms with Gasteiger partial charge in [0.05, 0.1) is 45.7 Å². The molecule has 0 spiro atoms. The van der Waals surface area contributed by atoms with E-state index in [1.54, 1.807) is 60.9 Å². The molecule has 1 N–H and O–H groups in total. The summed E-state index contributed by atoms with van der Waals surface area (Å²) in [5.41, 5.74) is 0.507. The van der Waals surface area contributed by atoms with E-state index in [4.69, 9.17) is 5.26 Å². The lowest BCUT2D eigenvalue weighted by molar-refractivity contribution is -0.140. The highest BCUT2D eigenvalue weighted by Crippen LogP contribution is 2.36. The first-order valence-electron chi connectivity index (χ1n) is 10.1. The molecule has 0 saturated carbocycles. The van der Waals surface area contributed by atoms with E-state index in [0.717, 1.165) is 0 Å². The second-order valence-electron chi connectivity index (χ2n) is 7.46. The Bertz CT molecular complexity index is 1420. The molecular formula is C24H18F3N5OS.